The summed E-state index contributed by atoms with van der Waals surface area (Å²) in [7, 11) is 0. The van der Waals surface area contributed by atoms with Gasteiger partial charge in [0, 0.05) is 0 Å². The molecule has 0 bridgehead atoms. The molecule has 0 heterocycles. The SMILES string of the molecule is C=O.C=O.C=O.C=O.C=O.C=O.C=O. The van der Waals surface area contributed by atoms with E-state index < -0.39 is 0 Å². The standard InChI is InChI=1S/7CH2O/c7*1-2/h7*1H2. The third-order valence-corrected chi connectivity index (χ3v) is 0. The van der Waals surface area contributed by atoms with Crippen molar-refractivity contribution in [3.05, 3.63) is 0 Å². The fraction of sp³-hybridized carbons (Fsp3) is 0. The second kappa shape index (κ2) is 188. The molecule has 0 aromatic carbocycles. The third kappa shape index (κ3) is 137. The Morgan fingerprint density at radius 1 is 0.214 bits per heavy atom. The van der Waals surface area contributed by atoms with E-state index in [0.29, 0.717) is 0 Å². The van der Waals surface area contributed by atoms with E-state index in [1.165, 1.54) is 0 Å². The molecule has 0 fully saturated rings. The topological polar surface area (TPSA) is 119 Å². The molecule has 0 rings (SSSR count). The van der Waals surface area contributed by atoms with Crippen LogP contribution in [0.15, 0.2) is 0 Å². The number of rotatable bonds is 0. The van der Waals surface area contributed by atoms with Crippen LogP contribution in [0.5, 0.6) is 0 Å². The first-order valence-electron chi connectivity index (χ1n) is 2.02. The van der Waals surface area contributed by atoms with Gasteiger partial charge in [0.15, 0.2) is 0 Å². The molecule has 0 aliphatic carbocycles. The molecule has 0 aromatic heterocycles. The van der Waals surface area contributed by atoms with Crippen molar-refractivity contribution in [1.82, 2.24) is 0 Å². The van der Waals surface area contributed by atoms with Crippen LogP contribution in [0.1, 0.15) is 0 Å². The summed E-state index contributed by atoms with van der Waals surface area (Å²) in [5, 5.41) is 0. The van der Waals surface area contributed by atoms with E-state index >= 15 is 0 Å². The average molecular weight is 210 g/mol. The third-order valence-electron chi connectivity index (χ3n) is 0. The molecule has 14 heavy (non-hydrogen) atoms. The van der Waals surface area contributed by atoms with Crippen LogP contribution in [-0.2, 0) is 33.6 Å². The highest BCUT2D eigenvalue weighted by Crippen LogP contribution is 0.506. The lowest BCUT2D eigenvalue weighted by atomic mass is 11.9. The second-order valence-electron chi connectivity index (χ2n) is 0. The van der Waals surface area contributed by atoms with Gasteiger partial charge in [0.2, 0.25) is 0 Å². The van der Waals surface area contributed by atoms with Gasteiger partial charge in [0.1, 0.15) is 47.5 Å². The second-order valence-corrected chi connectivity index (χ2v) is 0. The fourth-order valence-electron chi connectivity index (χ4n) is 0. The van der Waals surface area contributed by atoms with Gasteiger partial charge in [-0.05, 0) is 0 Å². The maximum Gasteiger partial charge on any atom is 0.106 e. The van der Waals surface area contributed by atoms with E-state index in [1.807, 2.05) is 47.5 Å². The molecule has 0 aromatic rings. The summed E-state index contributed by atoms with van der Waals surface area (Å²) in [5.41, 5.74) is 0. The molecule has 0 saturated carbocycles. The molecule has 0 radical (unpaired) electrons. The summed E-state index contributed by atoms with van der Waals surface area (Å²) in [4.78, 5) is 56.0. The molecule has 0 aliphatic rings. The summed E-state index contributed by atoms with van der Waals surface area (Å²) in [6.07, 6.45) is 0. The molecule has 0 aliphatic heterocycles. The quantitative estimate of drug-likeness (QED) is 0.487. The molecule has 0 atom stereocenters. The first-order chi connectivity index (χ1) is 7.00. The summed E-state index contributed by atoms with van der Waals surface area (Å²) in [6, 6.07) is 0. The Hall–Kier alpha value is -2.31. The maximum absolute atomic E-state index is 8.00. The predicted octanol–water partition coefficient (Wildman–Crippen LogP) is -1.29. The normalized spacial score (nSPS) is 2.00. The van der Waals surface area contributed by atoms with E-state index in [2.05, 4.69) is 0 Å². The largest absolute Gasteiger partial charge is 0.307 e. The van der Waals surface area contributed by atoms with Gasteiger partial charge in [-0.15, -0.1) is 0 Å². The van der Waals surface area contributed by atoms with Gasteiger partial charge in [-0.3, -0.25) is 0 Å². The highest BCUT2D eigenvalue weighted by atomic mass is 16.1. The van der Waals surface area contributed by atoms with Crippen molar-refractivity contribution in [2.45, 2.75) is 0 Å². The first kappa shape index (κ1) is 60.7. The number of hydrogen-bond acceptors (Lipinski definition) is 7. The minimum absolute atomic E-state index is 2.00. The lowest BCUT2D eigenvalue weighted by Gasteiger charge is -0.837. The zero-order chi connectivity index (χ0) is 14.0. The van der Waals surface area contributed by atoms with Gasteiger partial charge in [0.05, 0.1) is 0 Å². The maximum atomic E-state index is 8.00. The van der Waals surface area contributed by atoms with Gasteiger partial charge < -0.3 is 33.6 Å². The Morgan fingerprint density at radius 2 is 0.214 bits per heavy atom. The van der Waals surface area contributed by atoms with E-state index in [9.17, 15) is 0 Å². The first-order valence-corrected chi connectivity index (χ1v) is 2.02. The lowest BCUT2D eigenvalue weighted by molar-refractivity contribution is -0.0987. The number of carbonyl (C=O) groups excluding carboxylic acids is 7. The monoisotopic (exact) mass is 210 g/mol. The minimum Gasteiger partial charge on any atom is -0.307 e. The Balaban J connectivity index is -0.00000000817. The van der Waals surface area contributed by atoms with Crippen LogP contribution >= 0.6 is 0 Å². The molecule has 0 amide bonds. The molecule has 0 N–H and O–H groups in total. The van der Waals surface area contributed by atoms with Gasteiger partial charge >= 0.3 is 0 Å². The molecule has 7 heteroatoms. The lowest BCUT2D eigenvalue weighted by Crippen LogP contribution is -0.925. The van der Waals surface area contributed by atoms with Crippen LogP contribution < -0.4 is 0 Å². The van der Waals surface area contributed by atoms with E-state index in [-0.39, 0.29) is 0 Å². The van der Waals surface area contributed by atoms with Gasteiger partial charge in [-0.25, -0.2) is 0 Å². The molecule has 0 unspecified atom stereocenters. The highest BCUT2D eigenvalue weighted by molar-refractivity contribution is 5.11. The van der Waals surface area contributed by atoms with E-state index in [4.69, 9.17) is 33.6 Å². The summed E-state index contributed by atoms with van der Waals surface area (Å²) < 4.78 is 0. The van der Waals surface area contributed by atoms with Crippen molar-refractivity contribution in [2.75, 3.05) is 0 Å². The smallest absolute Gasteiger partial charge is 0.106 e. The van der Waals surface area contributed by atoms with E-state index in [1.54, 1.807) is 0 Å². The number of carbonyl (C=O) groups is 7. The number of hydrogen-bond donors (Lipinski definition) is 0. The van der Waals surface area contributed by atoms with Crippen LogP contribution in [-0.4, -0.2) is 47.5 Å². The predicted molar refractivity (Wildman–Crippen MR) is 49.8 cm³/mol. The fourth-order valence-corrected chi connectivity index (χ4v) is 0. The van der Waals surface area contributed by atoms with Gasteiger partial charge in [-0.1, -0.05) is 0 Å². The van der Waals surface area contributed by atoms with Crippen molar-refractivity contribution >= 4 is 47.5 Å². The molecule has 7 nitrogen and oxygen atoms in total. The Morgan fingerprint density at radius 3 is 0.214 bits per heavy atom. The van der Waals surface area contributed by atoms with Crippen LogP contribution in [0.3, 0.4) is 0 Å². The molecular weight excluding hydrogens is 196 g/mol. The van der Waals surface area contributed by atoms with Gasteiger partial charge in [0.25, 0.3) is 0 Å². The molecule has 0 saturated heterocycles. The van der Waals surface area contributed by atoms with Crippen molar-refractivity contribution < 1.29 is 33.6 Å². The zero-order valence-electron chi connectivity index (χ0n) is 7.81. The Labute approximate surface area is 82.1 Å². The van der Waals surface area contributed by atoms with E-state index in [0.717, 1.165) is 0 Å². The molecule has 0 spiro atoms. The summed E-state index contributed by atoms with van der Waals surface area (Å²) in [5.74, 6) is 0. The zero-order valence-corrected chi connectivity index (χ0v) is 7.81. The van der Waals surface area contributed by atoms with Crippen LogP contribution in [0.25, 0.3) is 0 Å². The van der Waals surface area contributed by atoms with Crippen LogP contribution in [0.2, 0.25) is 0 Å². The van der Waals surface area contributed by atoms with Crippen LogP contribution in [0, 0.1) is 0 Å². The van der Waals surface area contributed by atoms with Crippen molar-refractivity contribution in [1.29, 1.82) is 0 Å². The summed E-state index contributed by atoms with van der Waals surface area (Å²) in [6.45, 7) is 14.0. The highest BCUT2D eigenvalue weighted by Gasteiger charge is 0.648. The van der Waals surface area contributed by atoms with Gasteiger partial charge in [-0.2, -0.15) is 0 Å². The summed E-state index contributed by atoms with van der Waals surface area (Å²) >= 11 is 0. The Bertz CT molecular complexity index is 33.7. The average Bonchev–Trinajstić information content (AvgIpc) is 2.45. The minimum atomic E-state index is 2.00. The molecule has 84 valence electrons. The van der Waals surface area contributed by atoms with Crippen molar-refractivity contribution in [3.8, 4) is 0 Å². The van der Waals surface area contributed by atoms with Crippen molar-refractivity contribution in [3.63, 3.8) is 0 Å². The van der Waals surface area contributed by atoms with Crippen molar-refractivity contribution in [2.24, 2.45) is 0 Å². The molecular formula is C7H14O7. The van der Waals surface area contributed by atoms with Crippen LogP contribution in [0.4, 0.5) is 0 Å². The Kier molecular flexibility index (Phi) is 816.